The molecule has 0 unspecified atom stereocenters. The van der Waals surface area contributed by atoms with Crippen LogP contribution in [0.2, 0.25) is 0 Å². The molecule has 0 spiro atoms. The second-order valence-corrected chi connectivity index (χ2v) is 5.73. The summed E-state index contributed by atoms with van der Waals surface area (Å²) in [5, 5.41) is 10.8. The molecule has 8 heteroatoms. The van der Waals surface area contributed by atoms with Crippen LogP contribution in [0.4, 0.5) is 5.69 Å². The van der Waals surface area contributed by atoms with Crippen LogP contribution in [0.1, 0.15) is 0 Å². The van der Waals surface area contributed by atoms with Gasteiger partial charge in [0, 0.05) is 24.5 Å². The summed E-state index contributed by atoms with van der Waals surface area (Å²) in [6.45, 7) is 0. The van der Waals surface area contributed by atoms with Gasteiger partial charge < -0.3 is 4.74 Å². The number of hydrogen-bond acceptors (Lipinski definition) is 6. The molecule has 0 saturated heterocycles. The molecular weight excluding hydrogens is 284 g/mol. The van der Waals surface area contributed by atoms with Crippen molar-refractivity contribution in [3.63, 3.8) is 0 Å². The molecule has 0 aliphatic heterocycles. The van der Waals surface area contributed by atoms with Gasteiger partial charge >= 0.3 is 5.69 Å². The normalized spacial score (nSPS) is 11.1. The third kappa shape index (κ3) is 2.45. The van der Waals surface area contributed by atoms with Gasteiger partial charge in [0.15, 0.2) is 5.75 Å². The average molecular weight is 294 g/mol. The first-order valence-electron chi connectivity index (χ1n) is 5.44. The lowest BCUT2D eigenvalue weighted by atomic mass is 10.3. The van der Waals surface area contributed by atoms with E-state index in [0.717, 1.165) is 12.1 Å². The lowest BCUT2D eigenvalue weighted by Crippen LogP contribution is -2.03. The summed E-state index contributed by atoms with van der Waals surface area (Å²) < 4.78 is 29.5. The molecule has 0 bridgehead atoms. The summed E-state index contributed by atoms with van der Waals surface area (Å²) >= 11 is 0. The number of hydrogen-bond donors (Lipinski definition) is 0. The lowest BCUT2D eigenvalue weighted by molar-refractivity contribution is -0.385. The van der Waals surface area contributed by atoms with Gasteiger partial charge in [-0.3, -0.25) is 15.1 Å². The Bertz CT molecular complexity index is 744. The second kappa shape index (κ2) is 5.25. The van der Waals surface area contributed by atoms with Gasteiger partial charge in [-0.2, -0.15) is 0 Å². The van der Waals surface area contributed by atoms with Crippen LogP contribution in [0, 0.1) is 10.1 Å². The molecular formula is C12H10N2O5S. The summed E-state index contributed by atoms with van der Waals surface area (Å²) in [5.74, 6) is -0.106. The first-order valence-corrected chi connectivity index (χ1v) is 6.92. The van der Waals surface area contributed by atoms with E-state index in [2.05, 4.69) is 4.98 Å². The average Bonchev–Trinajstić information content (AvgIpc) is 2.47. The maximum atomic E-state index is 12.3. The van der Waals surface area contributed by atoms with E-state index in [0.29, 0.717) is 0 Å². The minimum atomic E-state index is -3.76. The van der Waals surface area contributed by atoms with Crippen LogP contribution in [0.3, 0.4) is 0 Å². The van der Waals surface area contributed by atoms with Crippen molar-refractivity contribution >= 4 is 15.5 Å². The molecule has 20 heavy (non-hydrogen) atoms. The highest BCUT2D eigenvalue weighted by atomic mass is 32.2. The predicted molar refractivity (Wildman–Crippen MR) is 69.3 cm³/mol. The van der Waals surface area contributed by atoms with Crippen LogP contribution < -0.4 is 4.74 Å². The van der Waals surface area contributed by atoms with Gasteiger partial charge in [0.25, 0.3) is 0 Å². The number of rotatable bonds is 4. The molecule has 1 aromatic heterocycles. The molecule has 2 rings (SSSR count). The summed E-state index contributed by atoms with van der Waals surface area (Å²) in [7, 11) is -2.52. The van der Waals surface area contributed by atoms with Crippen molar-refractivity contribution in [2.24, 2.45) is 0 Å². The van der Waals surface area contributed by atoms with E-state index in [1.54, 1.807) is 0 Å². The Hall–Kier alpha value is -2.48. The number of pyridine rings is 1. The van der Waals surface area contributed by atoms with E-state index in [9.17, 15) is 18.5 Å². The molecule has 0 atom stereocenters. The molecule has 7 nitrogen and oxygen atoms in total. The van der Waals surface area contributed by atoms with Crippen LogP contribution in [0.5, 0.6) is 5.75 Å². The zero-order valence-corrected chi connectivity index (χ0v) is 11.2. The summed E-state index contributed by atoms with van der Waals surface area (Å²) in [4.78, 5) is 13.9. The van der Waals surface area contributed by atoms with Gasteiger partial charge in [-0.05, 0) is 18.2 Å². The third-order valence-electron chi connectivity index (χ3n) is 2.62. The fourth-order valence-electron chi connectivity index (χ4n) is 1.63. The summed E-state index contributed by atoms with van der Waals surface area (Å²) in [6.07, 6.45) is 2.71. The summed E-state index contributed by atoms with van der Waals surface area (Å²) in [6, 6.07) is 6.11. The standard InChI is InChI=1S/C12H10N2O5S/c1-19-12-8-10(2-3-11(12)14(15)16)20(17,18)9-4-6-13-7-5-9/h2-8H,1H3. The molecule has 0 aliphatic rings. The lowest BCUT2D eigenvalue weighted by Gasteiger charge is -2.06. The number of aromatic nitrogens is 1. The molecule has 0 radical (unpaired) electrons. The molecule has 0 fully saturated rings. The number of benzene rings is 1. The predicted octanol–water partition coefficient (Wildman–Crippen LogP) is 1.83. The van der Waals surface area contributed by atoms with Crippen LogP contribution in [-0.2, 0) is 9.84 Å². The minimum absolute atomic E-state index is 0.0587. The van der Waals surface area contributed by atoms with Crippen molar-refractivity contribution in [1.82, 2.24) is 4.98 Å². The maximum Gasteiger partial charge on any atom is 0.310 e. The quantitative estimate of drug-likeness (QED) is 0.630. The second-order valence-electron chi connectivity index (χ2n) is 3.78. The molecule has 0 aliphatic carbocycles. The van der Waals surface area contributed by atoms with Crippen LogP contribution in [0.25, 0.3) is 0 Å². The Balaban J connectivity index is 2.57. The molecule has 2 aromatic rings. The first-order chi connectivity index (χ1) is 9.46. The number of methoxy groups -OCH3 is 1. The molecule has 0 amide bonds. The first kappa shape index (κ1) is 13.9. The van der Waals surface area contributed by atoms with Gasteiger partial charge in [-0.15, -0.1) is 0 Å². The van der Waals surface area contributed by atoms with Gasteiger partial charge in [0.1, 0.15) is 0 Å². The highest BCUT2D eigenvalue weighted by molar-refractivity contribution is 7.91. The zero-order chi connectivity index (χ0) is 14.8. The Morgan fingerprint density at radius 1 is 1.15 bits per heavy atom. The van der Waals surface area contributed by atoms with E-state index >= 15 is 0 Å². The number of ether oxygens (including phenoxy) is 1. The van der Waals surface area contributed by atoms with Crippen molar-refractivity contribution < 1.29 is 18.1 Å². The maximum absolute atomic E-state index is 12.3. The monoisotopic (exact) mass is 294 g/mol. The molecule has 104 valence electrons. The van der Waals surface area contributed by atoms with E-state index in [-0.39, 0.29) is 21.2 Å². The number of nitro benzene ring substituents is 1. The molecule has 0 N–H and O–H groups in total. The van der Waals surface area contributed by atoms with Crippen LogP contribution in [-0.4, -0.2) is 25.4 Å². The smallest absolute Gasteiger partial charge is 0.310 e. The zero-order valence-electron chi connectivity index (χ0n) is 10.4. The Morgan fingerprint density at radius 3 is 2.35 bits per heavy atom. The highest BCUT2D eigenvalue weighted by Crippen LogP contribution is 2.31. The largest absolute Gasteiger partial charge is 0.490 e. The van der Waals surface area contributed by atoms with E-state index in [1.807, 2.05) is 0 Å². The Labute approximate surface area is 114 Å². The molecule has 0 saturated carbocycles. The fraction of sp³-hybridized carbons (Fsp3) is 0.0833. The van der Waals surface area contributed by atoms with Crippen LogP contribution >= 0.6 is 0 Å². The number of sulfone groups is 1. The van der Waals surface area contributed by atoms with Gasteiger partial charge in [0.2, 0.25) is 9.84 Å². The van der Waals surface area contributed by atoms with Gasteiger partial charge in [-0.1, -0.05) is 0 Å². The minimum Gasteiger partial charge on any atom is -0.490 e. The number of nitro groups is 1. The van der Waals surface area contributed by atoms with Crippen molar-refractivity contribution in [1.29, 1.82) is 0 Å². The SMILES string of the molecule is COc1cc(S(=O)(=O)c2ccncc2)ccc1[N+](=O)[O-]. The van der Waals surface area contributed by atoms with Crippen molar-refractivity contribution in [2.75, 3.05) is 7.11 Å². The van der Waals surface area contributed by atoms with E-state index < -0.39 is 14.8 Å². The van der Waals surface area contributed by atoms with Gasteiger partial charge in [0.05, 0.1) is 21.8 Å². The highest BCUT2D eigenvalue weighted by Gasteiger charge is 2.22. The molecule has 1 aromatic carbocycles. The van der Waals surface area contributed by atoms with E-state index in [1.165, 1.54) is 37.7 Å². The van der Waals surface area contributed by atoms with Crippen LogP contribution in [0.15, 0.2) is 52.5 Å². The van der Waals surface area contributed by atoms with Gasteiger partial charge in [-0.25, -0.2) is 8.42 Å². The Kier molecular flexibility index (Phi) is 3.66. The summed E-state index contributed by atoms with van der Waals surface area (Å²) in [5.41, 5.74) is -0.291. The fourth-order valence-corrected chi connectivity index (χ4v) is 2.89. The third-order valence-corrected chi connectivity index (χ3v) is 4.39. The van der Waals surface area contributed by atoms with Crippen molar-refractivity contribution in [3.8, 4) is 5.75 Å². The van der Waals surface area contributed by atoms with Crippen molar-refractivity contribution in [3.05, 3.63) is 52.8 Å². The van der Waals surface area contributed by atoms with E-state index in [4.69, 9.17) is 4.74 Å². The molecule has 1 heterocycles. The number of nitrogens with zero attached hydrogens (tertiary/aromatic N) is 2. The topological polar surface area (TPSA) is 99.4 Å². The van der Waals surface area contributed by atoms with Crippen molar-refractivity contribution in [2.45, 2.75) is 9.79 Å². The Morgan fingerprint density at radius 2 is 1.80 bits per heavy atom.